The van der Waals surface area contributed by atoms with Gasteiger partial charge < -0.3 is 15.7 Å². The monoisotopic (exact) mass is 272 g/mol. The molecule has 0 aliphatic rings. The molecule has 0 aromatic rings. The zero-order valence-corrected chi connectivity index (χ0v) is 12.9. The van der Waals surface area contributed by atoms with Gasteiger partial charge in [0.15, 0.2) is 0 Å². The maximum Gasteiger partial charge on any atom is 0.222 e. The van der Waals surface area contributed by atoms with Crippen LogP contribution in [0.1, 0.15) is 52.4 Å². The normalized spacial score (nSPS) is 12.7. The molecule has 114 valence electrons. The molecular weight excluding hydrogens is 240 g/mol. The number of hydrogen-bond donors (Lipinski definition) is 2. The first-order valence-corrected chi connectivity index (χ1v) is 7.57. The zero-order valence-electron chi connectivity index (χ0n) is 12.9. The molecule has 0 aromatic carbocycles. The van der Waals surface area contributed by atoms with Crippen molar-refractivity contribution in [3.05, 3.63) is 0 Å². The van der Waals surface area contributed by atoms with Crippen LogP contribution in [0.15, 0.2) is 0 Å². The van der Waals surface area contributed by atoms with E-state index in [0.717, 1.165) is 38.6 Å². The third-order valence-electron chi connectivity index (χ3n) is 3.79. The second-order valence-electron chi connectivity index (χ2n) is 5.72. The molecule has 0 heterocycles. The topological polar surface area (TPSA) is 66.6 Å². The summed E-state index contributed by atoms with van der Waals surface area (Å²) < 4.78 is 0. The second kappa shape index (κ2) is 11.2. The van der Waals surface area contributed by atoms with Gasteiger partial charge in [-0.3, -0.25) is 4.79 Å². The van der Waals surface area contributed by atoms with Crippen LogP contribution in [-0.4, -0.2) is 42.7 Å². The Hall–Kier alpha value is -0.610. The van der Waals surface area contributed by atoms with E-state index in [0.29, 0.717) is 24.8 Å². The first-order chi connectivity index (χ1) is 9.02. The first-order valence-electron chi connectivity index (χ1n) is 7.57. The third kappa shape index (κ3) is 9.00. The SMILES string of the molecule is CC(C)C(CCN)CCC(=O)N(C)CCCCCO. The summed E-state index contributed by atoms with van der Waals surface area (Å²) in [5.74, 6) is 1.37. The summed E-state index contributed by atoms with van der Waals surface area (Å²) in [6.45, 7) is 6.13. The molecule has 0 aliphatic carbocycles. The lowest BCUT2D eigenvalue weighted by molar-refractivity contribution is -0.130. The molecule has 0 aromatic heterocycles. The van der Waals surface area contributed by atoms with Gasteiger partial charge in [0, 0.05) is 26.6 Å². The number of carbonyl (C=O) groups is 1. The van der Waals surface area contributed by atoms with Gasteiger partial charge in [-0.15, -0.1) is 0 Å². The average Bonchev–Trinajstić information content (AvgIpc) is 2.38. The average molecular weight is 272 g/mol. The van der Waals surface area contributed by atoms with Crippen LogP contribution in [0.3, 0.4) is 0 Å². The van der Waals surface area contributed by atoms with E-state index >= 15 is 0 Å². The summed E-state index contributed by atoms with van der Waals surface area (Å²) >= 11 is 0. The lowest BCUT2D eigenvalue weighted by Gasteiger charge is -2.22. The van der Waals surface area contributed by atoms with E-state index in [1.165, 1.54) is 0 Å². The maximum absolute atomic E-state index is 12.0. The van der Waals surface area contributed by atoms with Crippen LogP contribution in [0, 0.1) is 11.8 Å². The standard InChI is InChI=1S/C15H32N2O2/c1-13(2)14(9-10-16)7-8-15(19)17(3)11-5-4-6-12-18/h13-14,18H,4-12,16H2,1-3H3. The Labute approximate surface area is 118 Å². The van der Waals surface area contributed by atoms with Crippen molar-refractivity contribution >= 4 is 5.91 Å². The predicted octanol–water partition coefficient (Wildman–Crippen LogP) is 2.01. The van der Waals surface area contributed by atoms with Crippen LogP contribution in [0.5, 0.6) is 0 Å². The molecule has 0 rings (SSSR count). The van der Waals surface area contributed by atoms with Gasteiger partial charge in [-0.2, -0.15) is 0 Å². The van der Waals surface area contributed by atoms with Gasteiger partial charge in [0.25, 0.3) is 0 Å². The highest BCUT2D eigenvalue weighted by Crippen LogP contribution is 2.20. The lowest BCUT2D eigenvalue weighted by Crippen LogP contribution is -2.28. The predicted molar refractivity (Wildman–Crippen MR) is 79.8 cm³/mol. The van der Waals surface area contributed by atoms with Crippen molar-refractivity contribution in [2.45, 2.75) is 52.4 Å². The number of amides is 1. The van der Waals surface area contributed by atoms with Crippen LogP contribution in [0.4, 0.5) is 0 Å². The minimum Gasteiger partial charge on any atom is -0.396 e. The van der Waals surface area contributed by atoms with E-state index in [1.807, 2.05) is 11.9 Å². The Morgan fingerprint density at radius 1 is 1.21 bits per heavy atom. The molecule has 0 saturated carbocycles. The van der Waals surface area contributed by atoms with Gasteiger partial charge >= 0.3 is 0 Å². The number of nitrogens with zero attached hydrogens (tertiary/aromatic N) is 1. The van der Waals surface area contributed by atoms with Crippen LogP contribution < -0.4 is 5.73 Å². The van der Waals surface area contributed by atoms with Crippen LogP contribution in [-0.2, 0) is 4.79 Å². The van der Waals surface area contributed by atoms with E-state index in [4.69, 9.17) is 10.8 Å². The van der Waals surface area contributed by atoms with Crippen molar-refractivity contribution in [1.82, 2.24) is 4.90 Å². The van der Waals surface area contributed by atoms with Crippen molar-refractivity contribution in [2.24, 2.45) is 17.6 Å². The summed E-state index contributed by atoms with van der Waals surface area (Å²) in [5, 5.41) is 8.70. The molecule has 4 nitrogen and oxygen atoms in total. The van der Waals surface area contributed by atoms with E-state index in [-0.39, 0.29) is 12.5 Å². The van der Waals surface area contributed by atoms with Crippen molar-refractivity contribution in [2.75, 3.05) is 26.7 Å². The van der Waals surface area contributed by atoms with Gasteiger partial charge in [0.1, 0.15) is 0 Å². The van der Waals surface area contributed by atoms with Gasteiger partial charge in [-0.25, -0.2) is 0 Å². The smallest absolute Gasteiger partial charge is 0.222 e. The Bertz CT molecular complexity index is 232. The second-order valence-corrected chi connectivity index (χ2v) is 5.72. The fourth-order valence-electron chi connectivity index (χ4n) is 2.29. The van der Waals surface area contributed by atoms with Crippen LogP contribution >= 0.6 is 0 Å². The molecule has 0 aliphatic heterocycles. The minimum absolute atomic E-state index is 0.228. The Kier molecular flexibility index (Phi) is 10.9. The molecule has 19 heavy (non-hydrogen) atoms. The van der Waals surface area contributed by atoms with E-state index in [9.17, 15) is 4.79 Å². The van der Waals surface area contributed by atoms with Crippen molar-refractivity contribution in [3.63, 3.8) is 0 Å². The summed E-state index contributed by atoms with van der Waals surface area (Å²) in [6, 6.07) is 0. The van der Waals surface area contributed by atoms with Gasteiger partial charge in [0.05, 0.1) is 0 Å². The number of aliphatic hydroxyl groups excluding tert-OH is 1. The highest BCUT2D eigenvalue weighted by molar-refractivity contribution is 5.75. The number of aliphatic hydroxyl groups is 1. The fourth-order valence-corrected chi connectivity index (χ4v) is 2.29. The molecule has 1 atom stereocenters. The molecule has 3 N–H and O–H groups in total. The molecule has 0 bridgehead atoms. The molecule has 0 spiro atoms. The largest absolute Gasteiger partial charge is 0.396 e. The minimum atomic E-state index is 0.228. The van der Waals surface area contributed by atoms with Crippen LogP contribution in [0.2, 0.25) is 0 Å². The van der Waals surface area contributed by atoms with Gasteiger partial charge in [-0.1, -0.05) is 13.8 Å². The Morgan fingerprint density at radius 2 is 1.89 bits per heavy atom. The number of unbranched alkanes of at least 4 members (excludes halogenated alkanes) is 2. The van der Waals surface area contributed by atoms with Crippen molar-refractivity contribution in [3.8, 4) is 0 Å². The quantitative estimate of drug-likeness (QED) is 0.565. The molecular formula is C15H32N2O2. The van der Waals surface area contributed by atoms with E-state index < -0.39 is 0 Å². The number of rotatable bonds is 11. The van der Waals surface area contributed by atoms with Crippen molar-refractivity contribution in [1.29, 1.82) is 0 Å². The summed E-state index contributed by atoms with van der Waals surface area (Å²) in [4.78, 5) is 13.8. The highest BCUT2D eigenvalue weighted by Gasteiger charge is 2.16. The number of carbonyl (C=O) groups excluding carboxylic acids is 1. The lowest BCUT2D eigenvalue weighted by atomic mass is 9.88. The third-order valence-corrected chi connectivity index (χ3v) is 3.79. The summed E-state index contributed by atoms with van der Waals surface area (Å²) in [6.07, 6.45) is 5.35. The fraction of sp³-hybridized carbons (Fsp3) is 0.933. The molecule has 0 saturated heterocycles. The number of hydrogen-bond acceptors (Lipinski definition) is 3. The summed E-state index contributed by atoms with van der Waals surface area (Å²) in [7, 11) is 1.87. The maximum atomic E-state index is 12.0. The Morgan fingerprint density at radius 3 is 2.42 bits per heavy atom. The van der Waals surface area contributed by atoms with E-state index in [1.54, 1.807) is 0 Å². The van der Waals surface area contributed by atoms with Crippen LogP contribution in [0.25, 0.3) is 0 Å². The van der Waals surface area contributed by atoms with E-state index in [2.05, 4.69) is 13.8 Å². The molecule has 0 radical (unpaired) electrons. The highest BCUT2D eigenvalue weighted by atomic mass is 16.2. The first kappa shape index (κ1) is 18.4. The zero-order chi connectivity index (χ0) is 14.7. The van der Waals surface area contributed by atoms with Gasteiger partial charge in [0.2, 0.25) is 5.91 Å². The molecule has 1 unspecified atom stereocenters. The molecule has 4 heteroatoms. The summed E-state index contributed by atoms with van der Waals surface area (Å²) in [5.41, 5.74) is 5.61. The molecule has 1 amide bonds. The molecule has 0 fully saturated rings. The number of nitrogens with two attached hydrogens (primary N) is 1. The Balaban J connectivity index is 3.87. The van der Waals surface area contributed by atoms with Gasteiger partial charge in [-0.05, 0) is 50.5 Å². The van der Waals surface area contributed by atoms with Crippen molar-refractivity contribution < 1.29 is 9.90 Å².